The van der Waals surface area contributed by atoms with Gasteiger partial charge in [-0.3, -0.25) is 0 Å². The summed E-state index contributed by atoms with van der Waals surface area (Å²) in [6, 6.07) is 16.4. The molecule has 0 aliphatic heterocycles. The van der Waals surface area contributed by atoms with E-state index in [1.54, 1.807) is 12.1 Å². The van der Waals surface area contributed by atoms with Crippen LogP contribution in [0.25, 0.3) is 17.3 Å². The predicted octanol–water partition coefficient (Wildman–Crippen LogP) is 5.83. The third-order valence-corrected chi connectivity index (χ3v) is 7.22. The van der Waals surface area contributed by atoms with E-state index >= 15 is 0 Å². The van der Waals surface area contributed by atoms with Crippen LogP contribution in [-0.2, 0) is 6.42 Å². The number of fused-ring (bicyclic) bond motifs is 2. The maximum atomic E-state index is 13.4. The monoisotopic (exact) mass is 414 g/mol. The number of nitrogens with zero attached hydrogens (tertiary/aromatic N) is 2. The molecule has 1 N–H and O–H groups in total. The summed E-state index contributed by atoms with van der Waals surface area (Å²) in [6.07, 6.45) is 7.45. The highest BCUT2D eigenvalue weighted by atomic mass is 19.1. The van der Waals surface area contributed by atoms with Gasteiger partial charge in [0.05, 0.1) is 23.7 Å². The number of allylic oxidation sites excluding steroid dienone is 1. The first-order chi connectivity index (χ1) is 15.0. The van der Waals surface area contributed by atoms with Crippen molar-refractivity contribution in [2.24, 2.45) is 11.3 Å². The van der Waals surface area contributed by atoms with Gasteiger partial charge in [-0.15, -0.1) is 0 Å². The van der Waals surface area contributed by atoms with Crippen molar-refractivity contribution in [3.63, 3.8) is 0 Å². The zero-order valence-electron chi connectivity index (χ0n) is 17.8. The van der Waals surface area contributed by atoms with Crippen molar-refractivity contribution in [2.75, 3.05) is 0 Å². The average molecular weight is 415 g/mol. The van der Waals surface area contributed by atoms with Crippen LogP contribution in [0, 0.1) is 17.2 Å². The van der Waals surface area contributed by atoms with Gasteiger partial charge in [0.2, 0.25) is 0 Å². The topological polar surface area (TPSA) is 38.1 Å². The maximum absolute atomic E-state index is 13.4. The predicted molar refractivity (Wildman–Crippen MR) is 122 cm³/mol. The van der Waals surface area contributed by atoms with E-state index in [0.717, 1.165) is 48.2 Å². The van der Waals surface area contributed by atoms with Crippen molar-refractivity contribution < 1.29 is 9.50 Å². The molecule has 0 unspecified atom stereocenters. The van der Waals surface area contributed by atoms with Crippen molar-refractivity contribution in [3.05, 3.63) is 95.6 Å². The van der Waals surface area contributed by atoms with E-state index in [1.807, 2.05) is 41.2 Å². The number of aliphatic hydroxyl groups excluding tert-OH is 1. The van der Waals surface area contributed by atoms with E-state index in [9.17, 15) is 9.50 Å². The number of aliphatic hydroxyl groups is 1. The molecular weight excluding hydrogens is 387 g/mol. The number of benzene rings is 2. The quantitative estimate of drug-likeness (QED) is 0.583. The highest BCUT2D eigenvalue weighted by Crippen LogP contribution is 2.53. The minimum Gasteiger partial charge on any atom is -0.388 e. The SMILES string of the molecule is C=C(c1ccccc1)[C@H](O)[C@H]1CCCC2=Cc3c(cnn3-c3ccc(F)cc3)C[C@@]21C. The number of aromatic nitrogens is 2. The molecule has 158 valence electrons. The van der Waals surface area contributed by atoms with Gasteiger partial charge in [-0.25, -0.2) is 9.07 Å². The van der Waals surface area contributed by atoms with Crippen molar-refractivity contribution in [2.45, 2.75) is 38.7 Å². The normalized spacial score (nSPS) is 23.5. The van der Waals surface area contributed by atoms with Gasteiger partial charge in [-0.1, -0.05) is 49.4 Å². The Morgan fingerprint density at radius 3 is 2.68 bits per heavy atom. The summed E-state index contributed by atoms with van der Waals surface area (Å²) < 4.78 is 15.3. The molecule has 1 fully saturated rings. The average Bonchev–Trinajstić information content (AvgIpc) is 3.19. The Balaban J connectivity index is 1.49. The van der Waals surface area contributed by atoms with Gasteiger partial charge in [0.25, 0.3) is 0 Å². The van der Waals surface area contributed by atoms with Crippen LogP contribution < -0.4 is 0 Å². The van der Waals surface area contributed by atoms with Crippen LogP contribution in [0.2, 0.25) is 0 Å². The number of halogens is 1. The lowest BCUT2D eigenvalue weighted by Gasteiger charge is -2.48. The third kappa shape index (κ3) is 3.35. The van der Waals surface area contributed by atoms with E-state index in [4.69, 9.17) is 0 Å². The second-order valence-corrected chi connectivity index (χ2v) is 9.04. The standard InChI is InChI=1S/C27H27FN2O/c1-18(19-7-4-3-5-8-19)26(31)24-10-6-9-21-15-25-20(16-27(21,24)2)17-29-30(25)23-13-11-22(28)12-14-23/h3-5,7-8,11-15,17,24,26,31H,1,6,9-10,16H2,2H3/t24-,26+,27+/m1/s1. The summed E-state index contributed by atoms with van der Waals surface area (Å²) in [5, 5.41) is 16.0. The molecule has 2 aromatic carbocycles. The summed E-state index contributed by atoms with van der Waals surface area (Å²) >= 11 is 0. The number of hydrogen-bond donors (Lipinski definition) is 1. The largest absolute Gasteiger partial charge is 0.388 e. The fourth-order valence-corrected chi connectivity index (χ4v) is 5.44. The van der Waals surface area contributed by atoms with Crippen LogP contribution in [0.4, 0.5) is 4.39 Å². The van der Waals surface area contributed by atoms with Gasteiger partial charge >= 0.3 is 0 Å². The molecule has 2 aliphatic carbocycles. The van der Waals surface area contributed by atoms with Crippen molar-refractivity contribution in [3.8, 4) is 5.69 Å². The molecule has 3 atom stereocenters. The Bertz CT molecular complexity index is 1150. The van der Waals surface area contributed by atoms with Crippen LogP contribution in [0.5, 0.6) is 0 Å². The molecule has 3 nitrogen and oxygen atoms in total. The first-order valence-corrected chi connectivity index (χ1v) is 10.9. The minimum absolute atomic E-state index is 0.0996. The summed E-state index contributed by atoms with van der Waals surface area (Å²) in [6.45, 7) is 6.53. The molecule has 0 saturated heterocycles. The van der Waals surface area contributed by atoms with E-state index in [-0.39, 0.29) is 17.2 Å². The lowest BCUT2D eigenvalue weighted by atomic mass is 9.57. The summed E-state index contributed by atoms with van der Waals surface area (Å²) in [5.74, 6) is -0.152. The molecule has 1 saturated carbocycles. The fraction of sp³-hybridized carbons (Fsp3) is 0.296. The summed E-state index contributed by atoms with van der Waals surface area (Å²) in [7, 11) is 0. The molecule has 31 heavy (non-hydrogen) atoms. The smallest absolute Gasteiger partial charge is 0.123 e. The van der Waals surface area contributed by atoms with Gasteiger partial charge in [0.1, 0.15) is 5.82 Å². The van der Waals surface area contributed by atoms with Gasteiger partial charge in [0, 0.05) is 0 Å². The molecule has 1 heterocycles. The van der Waals surface area contributed by atoms with Gasteiger partial charge in [-0.05, 0) is 84.1 Å². The Kier molecular flexibility index (Phi) is 4.90. The highest BCUT2D eigenvalue weighted by molar-refractivity contribution is 5.68. The molecule has 0 amide bonds. The first-order valence-electron chi connectivity index (χ1n) is 10.9. The van der Waals surface area contributed by atoms with Crippen molar-refractivity contribution in [1.82, 2.24) is 9.78 Å². The number of hydrogen-bond acceptors (Lipinski definition) is 2. The molecule has 1 aromatic heterocycles. The van der Waals surface area contributed by atoms with E-state index < -0.39 is 6.10 Å². The van der Waals surface area contributed by atoms with Crippen LogP contribution in [0.3, 0.4) is 0 Å². The van der Waals surface area contributed by atoms with Gasteiger partial charge < -0.3 is 5.11 Å². The Morgan fingerprint density at radius 2 is 1.94 bits per heavy atom. The van der Waals surface area contributed by atoms with E-state index in [1.165, 1.54) is 23.3 Å². The molecule has 3 aromatic rings. The van der Waals surface area contributed by atoms with Crippen molar-refractivity contribution >= 4 is 11.6 Å². The lowest BCUT2D eigenvalue weighted by molar-refractivity contribution is 0.0592. The van der Waals surface area contributed by atoms with Crippen LogP contribution in [-0.4, -0.2) is 21.0 Å². The maximum Gasteiger partial charge on any atom is 0.123 e. The molecule has 4 heteroatoms. The third-order valence-electron chi connectivity index (χ3n) is 7.22. The number of rotatable bonds is 4. The zero-order valence-corrected chi connectivity index (χ0v) is 17.8. The Hall–Kier alpha value is -2.98. The molecular formula is C27H27FN2O. The van der Waals surface area contributed by atoms with Crippen LogP contribution >= 0.6 is 0 Å². The van der Waals surface area contributed by atoms with Gasteiger partial charge in [0.15, 0.2) is 0 Å². The fourth-order valence-electron chi connectivity index (χ4n) is 5.44. The summed E-state index contributed by atoms with van der Waals surface area (Å²) in [4.78, 5) is 0. The van der Waals surface area contributed by atoms with E-state index in [2.05, 4.69) is 24.7 Å². The highest BCUT2D eigenvalue weighted by Gasteiger charge is 2.46. The second kappa shape index (κ2) is 7.61. The molecule has 0 spiro atoms. The minimum atomic E-state index is -0.593. The van der Waals surface area contributed by atoms with Crippen molar-refractivity contribution in [1.29, 1.82) is 0 Å². The van der Waals surface area contributed by atoms with Crippen LogP contribution in [0.15, 0.2) is 72.9 Å². The van der Waals surface area contributed by atoms with E-state index in [0.29, 0.717) is 0 Å². The zero-order chi connectivity index (χ0) is 21.6. The Morgan fingerprint density at radius 1 is 1.19 bits per heavy atom. The molecule has 0 bridgehead atoms. The summed E-state index contributed by atoms with van der Waals surface area (Å²) in [5.41, 5.74) is 6.10. The molecule has 2 aliphatic rings. The van der Waals surface area contributed by atoms with Crippen LogP contribution in [0.1, 0.15) is 43.0 Å². The molecule has 0 radical (unpaired) electrons. The van der Waals surface area contributed by atoms with Gasteiger partial charge in [-0.2, -0.15) is 5.10 Å². The second-order valence-electron chi connectivity index (χ2n) is 9.04. The Labute approximate surface area is 182 Å². The lowest BCUT2D eigenvalue weighted by Crippen LogP contribution is -2.43. The molecule has 5 rings (SSSR count). The first kappa shape index (κ1) is 20.0.